The molecule has 0 saturated carbocycles. The number of hydrogen-bond acceptors (Lipinski definition) is 1. The van der Waals surface area contributed by atoms with Gasteiger partial charge in [0.05, 0.1) is 0 Å². The molecule has 1 heteroatoms. The third kappa shape index (κ3) is 1.06. The van der Waals surface area contributed by atoms with E-state index in [1.165, 1.54) is 24.0 Å². The molecule has 0 spiro atoms. The number of fused-ring (bicyclic) bond motifs is 1. The van der Waals surface area contributed by atoms with Gasteiger partial charge < -0.3 is 0 Å². The summed E-state index contributed by atoms with van der Waals surface area (Å²) in [5.41, 5.74) is 4.79. The molecule has 2 rings (SSSR count). The van der Waals surface area contributed by atoms with Crippen molar-refractivity contribution in [3.8, 4) is 0 Å². The highest BCUT2D eigenvalue weighted by Crippen LogP contribution is 2.24. The van der Waals surface area contributed by atoms with Gasteiger partial charge in [0.1, 0.15) is 6.29 Å². The van der Waals surface area contributed by atoms with Gasteiger partial charge in [-0.05, 0) is 48.9 Å². The fourth-order valence-electron chi connectivity index (χ4n) is 1.89. The Hall–Kier alpha value is -1.11. The standard InChI is InChI=1S/C11H12O/c1-8-5-9-3-2-4-10(9)6-11(8)7-12/h5-7H,2-4H2,1H3. The molecule has 0 aromatic heterocycles. The van der Waals surface area contributed by atoms with Crippen molar-refractivity contribution in [2.75, 3.05) is 0 Å². The molecule has 0 radical (unpaired) electrons. The zero-order chi connectivity index (χ0) is 8.55. The minimum atomic E-state index is 0.857. The summed E-state index contributed by atoms with van der Waals surface area (Å²) in [6.45, 7) is 2.00. The first-order valence-electron chi connectivity index (χ1n) is 4.39. The maximum Gasteiger partial charge on any atom is 0.150 e. The summed E-state index contributed by atoms with van der Waals surface area (Å²) in [6.07, 6.45) is 4.54. The van der Waals surface area contributed by atoms with Crippen molar-refractivity contribution in [1.82, 2.24) is 0 Å². The van der Waals surface area contributed by atoms with Crippen LogP contribution in [0.15, 0.2) is 12.1 Å². The average molecular weight is 160 g/mol. The maximum atomic E-state index is 10.6. The van der Waals surface area contributed by atoms with Crippen LogP contribution in [0.4, 0.5) is 0 Å². The smallest absolute Gasteiger partial charge is 0.150 e. The van der Waals surface area contributed by atoms with Crippen LogP contribution in [0.5, 0.6) is 0 Å². The van der Waals surface area contributed by atoms with Gasteiger partial charge >= 0.3 is 0 Å². The van der Waals surface area contributed by atoms with E-state index in [1.807, 2.05) is 13.0 Å². The number of hydrogen-bond donors (Lipinski definition) is 0. The number of carbonyl (C=O) groups excluding carboxylic acids is 1. The highest BCUT2D eigenvalue weighted by atomic mass is 16.1. The molecule has 1 aliphatic rings. The molecular formula is C11H12O. The van der Waals surface area contributed by atoms with Crippen LogP contribution in [-0.4, -0.2) is 6.29 Å². The van der Waals surface area contributed by atoms with Gasteiger partial charge in [-0.3, -0.25) is 4.79 Å². The number of aldehydes is 1. The molecule has 0 fully saturated rings. The second-order valence-electron chi connectivity index (χ2n) is 3.45. The predicted octanol–water partition coefficient (Wildman–Crippen LogP) is 2.30. The quantitative estimate of drug-likeness (QED) is 0.576. The average Bonchev–Trinajstić information content (AvgIpc) is 2.49. The molecule has 1 aromatic carbocycles. The Morgan fingerprint density at radius 1 is 1.25 bits per heavy atom. The van der Waals surface area contributed by atoms with E-state index in [-0.39, 0.29) is 0 Å². The molecule has 0 atom stereocenters. The van der Waals surface area contributed by atoms with Gasteiger partial charge in [0.25, 0.3) is 0 Å². The lowest BCUT2D eigenvalue weighted by molar-refractivity contribution is 0.112. The van der Waals surface area contributed by atoms with Crippen LogP contribution < -0.4 is 0 Å². The van der Waals surface area contributed by atoms with E-state index in [2.05, 4.69) is 6.07 Å². The number of carbonyl (C=O) groups is 1. The summed E-state index contributed by atoms with van der Waals surface area (Å²) < 4.78 is 0. The Morgan fingerprint density at radius 2 is 1.92 bits per heavy atom. The predicted molar refractivity (Wildman–Crippen MR) is 48.6 cm³/mol. The zero-order valence-corrected chi connectivity index (χ0v) is 7.26. The molecule has 0 unspecified atom stereocenters. The molecular weight excluding hydrogens is 148 g/mol. The summed E-state index contributed by atoms with van der Waals surface area (Å²) >= 11 is 0. The Kier molecular flexibility index (Phi) is 1.72. The Balaban J connectivity index is 2.56. The van der Waals surface area contributed by atoms with Crippen LogP contribution in [0, 0.1) is 6.92 Å². The molecule has 0 amide bonds. The van der Waals surface area contributed by atoms with Gasteiger partial charge in [0.15, 0.2) is 0 Å². The SMILES string of the molecule is Cc1cc2c(cc1C=O)CCC2. The first-order chi connectivity index (χ1) is 5.81. The molecule has 0 aliphatic heterocycles. The largest absolute Gasteiger partial charge is 0.298 e. The minimum absolute atomic E-state index is 0.857. The van der Waals surface area contributed by atoms with Gasteiger partial charge in [-0.1, -0.05) is 6.07 Å². The molecule has 0 N–H and O–H groups in total. The van der Waals surface area contributed by atoms with Crippen LogP contribution in [0.1, 0.15) is 33.5 Å². The monoisotopic (exact) mass is 160 g/mol. The number of aryl methyl sites for hydroxylation is 3. The maximum absolute atomic E-state index is 10.6. The van der Waals surface area contributed by atoms with Crippen molar-refractivity contribution in [3.63, 3.8) is 0 Å². The van der Waals surface area contributed by atoms with Crippen LogP contribution in [0.3, 0.4) is 0 Å². The Morgan fingerprint density at radius 3 is 2.58 bits per heavy atom. The lowest BCUT2D eigenvalue weighted by Gasteiger charge is -2.03. The van der Waals surface area contributed by atoms with Crippen molar-refractivity contribution in [2.45, 2.75) is 26.2 Å². The van der Waals surface area contributed by atoms with Crippen molar-refractivity contribution in [2.24, 2.45) is 0 Å². The van der Waals surface area contributed by atoms with Crippen LogP contribution in [0.2, 0.25) is 0 Å². The van der Waals surface area contributed by atoms with Crippen molar-refractivity contribution < 1.29 is 4.79 Å². The summed E-state index contributed by atoms with van der Waals surface area (Å²) in [5, 5.41) is 0. The highest BCUT2D eigenvalue weighted by Gasteiger charge is 2.12. The summed E-state index contributed by atoms with van der Waals surface area (Å²) in [5.74, 6) is 0. The molecule has 1 nitrogen and oxygen atoms in total. The van der Waals surface area contributed by atoms with Crippen molar-refractivity contribution in [1.29, 1.82) is 0 Å². The first kappa shape index (κ1) is 7.53. The lowest BCUT2D eigenvalue weighted by atomic mass is 10.0. The zero-order valence-electron chi connectivity index (χ0n) is 7.26. The fourth-order valence-corrected chi connectivity index (χ4v) is 1.89. The minimum Gasteiger partial charge on any atom is -0.298 e. The number of rotatable bonds is 1. The Labute approximate surface area is 72.4 Å². The molecule has 1 aliphatic carbocycles. The molecule has 0 heterocycles. The van der Waals surface area contributed by atoms with E-state index in [1.54, 1.807) is 0 Å². The van der Waals surface area contributed by atoms with Crippen LogP contribution in [-0.2, 0) is 12.8 Å². The van der Waals surface area contributed by atoms with E-state index in [0.717, 1.165) is 23.8 Å². The Bertz CT molecular complexity index is 326. The van der Waals surface area contributed by atoms with Crippen molar-refractivity contribution in [3.05, 3.63) is 34.4 Å². The van der Waals surface area contributed by atoms with E-state index >= 15 is 0 Å². The molecule has 12 heavy (non-hydrogen) atoms. The van der Waals surface area contributed by atoms with E-state index < -0.39 is 0 Å². The van der Waals surface area contributed by atoms with Gasteiger partial charge in [-0.25, -0.2) is 0 Å². The third-order valence-electron chi connectivity index (χ3n) is 2.61. The van der Waals surface area contributed by atoms with Gasteiger partial charge in [0, 0.05) is 5.56 Å². The summed E-state index contributed by atoms with van der Waals surface area (Å²) in [7, 11) is 0. The molecule has 62 valence electrons. The highest BCUT2D eigenvalue weighted by molar-refractivity contribution is 5.78. The van der Waals surface area contributed by atoms with Gasteiger partial charge in [0.2, 0.25) is 0 Å². The van der Waals surface area contributed by atoms with Gasteiger partial charge in [-0.2, -0.15) is 0 Å². The first-order valence-corrected chi connectivity index (χ1v) is 4.39. The topological polar surface area (TPSA) is 17.1 Å². The van der Waals surface area contributed by atoms with Crippen molar-refractivity contribution >= 4 is 6.29 Å². The summed E-state index contributed by atoms with van der Waals surface area (Å²) in [4.78, 5) is 10.6. The second kappa shape index (κ2) is 2.74. The lowest BCUT2D eigenvalue weighted by Crippen LogP contribution is -1.91. The molecule has 0 bridgehead atoms. The molecule has 1 aromatic rings. The normalized spacial score (nSPS) is 14.4. The van der Waals surface area contributed by atoms with Crippen LogP contribution >= 0.6 is 0 Å². The third-order valence-corrected chi connectivity index (χ3v) is 2.61. The van der Waals surface area contributed by atoms with E-state index in [4.69, 9.17) is 0 Å². The van der Waals surface area contributed by atoms with E-state index in [0.29, 0.717) is 0 Å². The van der Waals surface area contributed by atoms with E-state index in [9.17, 15) is 4.79 Å². The fraction of sp³-hybridized carbons (Fsp3) is 0.364. The van der Waals surface area contributed by atoms with Crippen LogP contribution in [0.25, 0.3) is 0 Å². The molecule has 0 saturated heterocycles. The summed E-state index contributed by atoms with van der Waals surface area (Å²) in [6, 6.07) is 4.21. The number of benzene rings is 1. The van der Waals surface area contributed by atoms with Gasteiger partial charge in [-0.15, -0.1) is 0 Å². The second-order valence-corrected chi connectivity index (χ2v) is 3.45.